The number of halogens is 2. The molecule has 108 valence electrons. The molecule has 2 aromatic rings. The van der Waals surface area contributed by atoms with Gasteiger partial charge in [0.2, 0.25) is 0 Å². The maximum absolute atomic E-state index is 14.0. The molecule has 2 rings (SSSR count). The van der Waals surface area contributed by atoms with Crippen LogP contribution >= 0.6 is 15.9 Å². The summed E-state index contributed by atoms with van der Waals surface area (Å²) in [5.74, 6) is -0.188. The third kappa shape index (κ3) is 3.27. The summed E-state index contributed by atoms with van der Waals surface area (Å²) in [6.07, 6.45) is 0.707. The van der Waals surface area contributed by atoms with E-state index in [1.165, 1.54) is 6.07 Å². The summed E-state index contributed by atoms with van der Waals surface area (Å²) in [5.41, 5.74) is 2.78. The summed E-state index contributed by atoms with van der Waals surface area (Å²) in [4.78, 5) is 0. The molecule has 0 bridgehead atoms. The van der Waals surface area contributed by atoms with E-state index in [9.17, 15) is 4.39 Å². The average molecular weight is 340 g/mol. The maximum atomic E-state index is 14.0. The fourth-order valence-electron chi connectivity index (χ4n) is 2.40. The molecular formula is C15H19BrFN3. The van der Waals surface area contributed by atoms with Gasteiger partial charge in [-0.15, -0.1) is 0 Å². The van der Waals surface area contributed by atoms with Crippen LogP contribution in [-0.2, 0) is 13.0 Å². The molecule has 0 amide bonds. The molecule has 20 heavy (non-hydrogen) atoms. The quantitative estimate of drug-likeness (QED) is 0.901. The molecule has 1 aromatic heterocycles. The third-order valence-electron chi connectivity index (χ3n) is 3.38. The molecule has 0 fully saturated rings. The lowest BCUT2D eigenvalue weighted by molar-refractivity contribution is 0.510. The van der Waals surface area contributed by atoms with Crippen LogP contribution in [0.15, 0.2) is 28.7 Å². The molecule has 1 N–H and O–H groups in total. The number of likely N-dealkylation sites (N-methyl/N-ethyl adjacent to an activating group) is 1. The Hall–Kier alpha value is -1.20. The molecule has 0 aliphatic heterocycles. The molecule has 1 aromatic carbocycles. The van der Waals surface area contributed by atoms with Crippen LogP contribution in [0.1, 0.15) is 29.9 Å². The van der Waals surface area contributed by atoms with E-state index in [1.807, 2.05) is 24.7 Å². The number of benzene rings is 1. The summed E-state index contributed by atoms with van der Waals surface area (Å²) >= 11 is 3.40. The predicted molar refractivity (Wildman–Crippen MR) is 82.2 cm³/mol. The van der Waals surface area contributed by atoms with Gasteiger partial charge in [-0.3, -0.25) is 4.68 Å². The maximum Gasteiger partial charge on any atom is 0.128 e. The van der Waals surface area contributed by atoms with Crippen LogP contribution in [-0.4, -0.2) is 16.8 Å². The van der Waals surface area contributed by atoms with Crippen LogP contribution in [0, 0.1) is 12.7 Å². The Morgan fingerprint density at radius 3 is 2.80 bits per heavy atom. The smallest absolute Gasteiger partial charge is 0.128 e. The largest absolute Gasteiger partial charge is 0.313 e. The van der Waals surface area contributed by atoms with Gasteiger partial charge in [0.1, 0.15) is 5.82 Å². The lowest BCUT2D eigenvalue weighted by atomic mass is 10.0. The second kappa shape index (κ2) is 6.50. The van der Waals surface area contributed by atoms with Gasteiger partial charge in [-0.1, -0.05) is 15.9 Å². The van der Waals surface area contributed by atoms with Crippen molar-refractivity contribution in [1.82, 2.24) is 15.1 Å². The van der Waals surface area contributed by atoms with E-state index in [0.717, 1.165) is 22.4 Å². The van der Waals surface area contributed by atoms with Crippen LogP contribution in [0.3, 0.4) is 0 Å². The minimum absolute atomic E-state index is 0.0751. The SMILES string of the molecule is CCn1nc(C)cc1CC(NC)c1cc(Br)ccc1F. The minimum Gasteiger partial charge on any atom is -0.313 e. The minimum atomic E-state index is -0.188. The van der Waals surface area contributed by atoms with Crippen molar-refractivity contribution in [1.29, 1.82) is 0 Å². The van der Waals surface area contributed by atoms with Gasteiger partial charge in [0.25, 0.3) is 0 Å². The zero-order valence-corrected chi connectivity index (χ0v) is 13.5. The van der Waals surface area contributed by atoms with Crippen LogP contribution in [0.2, 0.25) is 0 Å². The van der Waals surface area contributed by atoms with Crippen molar-refractivity contribution in [2.24, 2.45) is 0 Å². The van der Waals surface area contributed by atoms with Crippen molar-refractivity contribution in [2.75, 3.05) is 7.05 Å². The average Bonchev–Trinajstić information content (AvgIpc) is 2.79. The van der Waals surface area contributed by atoms with Crippen molar-refractivity contribution in [3.05, 3.63) is 51.5 Å². The zero-order chi connectivity index (χ0) is 14.7. The number of hydrogen-bond acceptors (Lipinski definition) is 2. The molecule has 0 aliphatic carbocycles. The van der Waals surface area contributed by atoms with Gasteiger partial charge in [0, 0.05) is 34.7 Å². The highest BCUT2D eigenvalue weighted by molar-refractivity contribution is 9.10. The Bertz CT molecular complexity index is 595. The molecule has 0 saturated heterocycles. The van der Waals surface area contributed by atoms with Crippen LogP contribution < -0.4 is 5.32 Å². The summed E-state index contributed by atoms with van der Waals surface area (Å²) in [7, 11) is 1.85. The standard InChI is InChI=1S/C15H19BrFN3/c1-4-20-12(7-10(2)19-20)9-15(18-3)13-8-11(16)5-6-14(13)17/h5-8,15,18H,4,9H2,1-3H3. The zero-order valence-electron chi connectivity index (χ0n) is 12.0. The van der Waals surface area contributed by atoms with Crippen LogP contribution in [0.25, 0.3) is 0 Å². The normalized spacial score (nSPS) is 12.7. The number of rotatable bonds is 5. The first-order valence-corrected chi connectivity index (χ1v) is 7.50. The summed E-state index contributed by atoms with van der Waals surface area (Å²) in [6, 6.07) is 7.02. The summed E-state index contributed by atoms with van der Waals surface area (Å²) in [5, 5.41) is 7.63. The highest BCUT2D eigenvalue weighted by Crippen LogP contribution is 2.24. The van der Waals surface area contributed by atoms with E-state index in [2.05, 4.69) is 39.3 Å². The van der Waals surface area contributed by atoms with Gasteiger partial charge in [-0.2, -0.15) is 5.10 Å². The van der Waals surface area contributed by atoms with E-state index < -0.39 is 0 Å². The first-order chi connectivity index (χ1) is 9.55. The van der Waals surface area contributed by atoms with E-state index in [0.29, 0.717) is 12.0 Å². The lowest BCUT2D eigenvalue weighted by Crippen LogP contribution is -2.21. The third-order valence-corrected chi connectivity index (χ3v) is 3.87. The molecule has 0 aliphatic rings. The molecule has 1 heterocycles. The van der Waals surface area contributed by atoms with Crippen molar-refractivity contribution >= 4 is 15.9 Å². The Morgan fingerprint density at radius 1 is 1.40 bits per heavy atom. The predicted octanol–water partition coefficient (Wildman–Crippen LogP) is 3.62. The highest BCUT2D eigenvalue weighted by atomic mass is 79.9. The molecule has 3 nitrogen and oxygen atoms in total. The Balaban J connectivity index is 2.30. The number of nitrogens with zero attached hydrogens (tertiary/aromatic N) is 2. The molecule has 1 unspecified atom stereocenters. The van der Waals surface area contributed by atoms with Crippen molar-refractivity contribution in [2.45, 2.75) is 32.9 Å². The monoisotopic (exact) mass is 339 g/mol. The highest BCUT2D eigenvalue weighted by Gasteiger charge is 2.17. The molecule has 0 saturated carbocycles. The fourth-order valence-corrected chi connectivity index (χ4v) is 2.77. The van der Waals surface area contributed by atoms with Gasteiger partial charge in [0.15, 0.2) is 0 Å². The molecule has 0 spiro atoms. The van der Waals surface area contributed by atoms with Gasteiger partial charge < -0.3 is 5.32 Å². The van der Waals surface area contributed by atoms with Crippen molar-refractivity contribution in [3.8, 4) is 0 Å². The van der Waals surface area contributed by atoms with Crippen LogP contribution in [0.4, 0.5) is 4.39 Å². The number of aryl methyl sites for hydroxylation is 2. The van der Waals surface area contributed by atoms with E-state index >= 15 is 0 Å². The molecule has 5 heteroatoms. The topological polar surface area (TPSA) is 29.9 Å². The molecule has 0 radical (unpaired) electrons. The number of aromatic nitrogens is 2. The lowest BCUT2D eigenvalue weighted by Gasteiger charge is -2.18. The van der Waals surface area contributed by atoms with Crippen LogP contribution in [0.5, 0.6) is 0 Å². The van der Waals surface area contributed by atoms with E-state index in [1.54, 1.807) is 6.07 Å². The number of nitrogens with one attached hydrogen (secondary N) is 1. The summed E-state index contributed by atoms with van der Waals surface area (Å²) in [6.45, 7) is 4.86. The van der Waals surface area contributed by atoms with Gasteiger partial charge in [-0.05, 0) is 45.2 Å². The van der Waals surface area contributed by atoms with E-state index in [-0.39, 0.29) is 11.9 Å². The first-order valence-electron chi connectivity index (χ1n) is 6.70. The first kappa shape index (κ1) is 15.2. The van der Waals surface area contributed by atoms with Gasteiger partial charge in [-0.25, -0.2) is 4.39 Å². The fraction of sp³-hybridized carbons (Fsp3) is 0.400. The second-order valence-corrected chi connectivity index (χ2v) is 5.72. The molecule has 1 atom stereocenters. The Labute approximate surface area is 127 Å². The Kier molecular flexibility index (Phi) is 4.94. The second-order valence-electron chi connectivity index (χ2n) is 4.80. The van der Waals surface area contributed by atoms with Gasteiger partial charge >= 0.3 is 0 Å². The van der Waals surface area contributed by atoms with E-state index in [4.69, 9.17) is 0 Å². The number of hydrogen-bond donors (Lipinski definition) is 1. The van der Waals surface area contributed by atoms with Crippen molar-refractivity contribution < 1.29 is 4.39 Å². The van der Waals surface area contributed by atoms with Gasteiger partial charge in [0.05, 0.1) is 5.69 Å². The Morgan fingerprint density at radius 2 is 2.15 bits per heavy atom. The summed E-state index contributed by atoms with van der Waals surface area (Å²) < 4.78 is 16.9. The van der Waals surface area contributed by atoms with Crippen molar-refractivity contribution in [3.63, 3.8) is 0 Å². The molecular weight excluding hydrogens is 321 g/mol.